The Kier molecular flexibility index (Phi) is 6.40. The highest BCUT2D eigenvalue weighted by Gasteiger charge is 2.14. The van der Waals surface area contributed by atoms with Gasteiger partial charge in [0.15, 0.2) is 6.61 Å². The van der Waals surface area contributed by atoms with Crippen LogP contribution in [0.2, 0.25) is 0 Å². The van der Waals surface area contributed by atoms with Crippen molar-refractivity contribution >= 4 is 39.4 Å². The molecule has 0 fully saturated rings. The van der Waals surface area contributed by atoms with Gasteiger partial charge < -0.3 is 15.4 Å². The number of carbonyl (C=O) groups is 3. The van der Waals surface area contributed by atoms with Crippen LogP contribution < -0.4 is 10.6 Å². The van der Waals surface area contributed by atoms with Crippen molar-refractivity contribution in [1.29, 1.82) is 0 Å². The summed E-state index contributed by atoms with van der Waals surface area (Å²) in [5.41, 5.74) is 2.52. The molecule has 29 heavy (non-hydrogen) atoms. The third-order valence-corrected chi connectivity index (χ3v) is 4.46. The normalized spacial score (nSPS) is 10.3. The molecule has 3 N–H and O–H groups in total. The number of esters is 1. The third-order valence-electron chi connectivity index (χ3n) is 3.93. The molecule has 0 atom stereocenters. The van der Waals surface area contributed by atoms with Crippen molar-refractivity contribution in [3.8, 4) is 11.3 Å². The van der Waals surface area contributed by atoms with Gasteiger partial charge in [-0.25, -0.2) is 4.79 Å². The van der Waals surface area contributed by atoms with E-state index in [1.165, 1.54) is 7.05 Å². The lowest BCUT2D eigenvalue weighted by Crippen LogP contribution is -2.21. The molecular weight excluding hydrogens is 440 g/mol. The largest absolute Gasteiger partial charge is 0.451 e. The fourth-order valence-corrected chi connectivity index (χ4v) is 2.71. The number of ether oxygens (including phenoxy) is 1. The predicted molar refractivity (Wildman–Crippen MR) is 110 cm³/mol. The maximum atomic E-state index is 12.1. The van der Waals surface area contributed by atoms with E-state index in [4.69, 9.17) is 4.74 Å². The first-order chi connectivity index (χ1) is 14.0. The van der Waals surface area contributed by atoms with Crippen LogP contribution in [0.1, 0.15) is 20.8 Å². The molecule has 1 aromatic heterocycles. The van der Waals surface area contributed by atoms with Gasteiger partial charge in [0.1, 0.15) is 5.69 Å². The zero-order valence-corrected chi connectivity index (χ0v) is 16.9. The Morgan fingerprint density at radius 3 is 2.41 bits per heavy atom. The quantitative estimate of drug-likeness (QED) is 0.493. The van der Waals surface area contributed by atoms with Crippen LogP contribution in [-0.2, 0) is 9.53 Å². The van der Waals surface area contributed by atoms with Crippen LogP contribution in [0.5, 0.6) is 0 Å². The highest BCUT2D eigenvalue weighted by molar-refractivity contribution is 9.10. The average Bonchev–Trinajstić information content (AvgIpc) is 3.23. The van der Waals surface area contributed by atoms with E-state index in [0.29, 0.717) is 16.9 Å². The molecule has 0 aliphatic heterocycles. The number of H-pyrrole nitrogens is 1. The molecule has 0 aliphatic carbocycles. The lowest BCUT2D eigenvalue weighted by molar-refractivity contribution is -0.119. The van der Waals surface area contributed by atoms with Crippen LogP contribution in [0.3, 0.4) is 0 Å². The highest BCUT2D eigenvalue weighted by atomic mass is 79.9. The zero-order valence-electron chi connectivity index (χ0n) is 15.4. The Labute approximate surface area is 174 Å². The molecule has 0 saturated heterocycles. The lowest BCUT2D eigenvalue weighted by atomic mass is 10.1. The number of anilines is 1. The first-order valence-corrected chi connectivity index (χ1v) is 9.36. The molecule has 0 saturated carbocycles. The van der Waals surface area contributed by atoms with E-state index in [2.05, 4.69) is 36.8 Å². The summed E-state index contributed by atoms with van der Waals surface area (Å²) < 4.78 is 5.95. The minimum absolute atomic E-state index is 0.144. The van der Waals surface area contributed by atoms with Gasteiger partial charge in [-0.3, -0.25) is 14.7 Å². The number of hydrogen-bond donors (Lipinski definition) is 3. The Morgan fingerprint density at radius 2 is 1.76 bits per heavy atom. The summed E-state index contributed by atoms with van der Waals surface area (Å²) in [5, 5.41) is 11.8. The number of rotatable bonds is 6. The molecule has 1 heterocycles. The lowest BCUT2D eigenvalue weighted by Gasteiger charge is -2.06. The van der Waals surface area contributed by atoms with Gasteiger partial charge >= 0.3 is 5.97 Å². The predicted octanol–water partition coefficient (Wildman–Crippen LogP) is 2.99. The Bertz CT molecular complexity index is 1030. The van der Waals surface area contributed by atoms with Gasteiger partial charge in [0.2, 0.25) is 0 Å². The van der Waals surface area contributed by atoms with Gasteiger partial charge in [-0.2, -0.15) is 5.10 Å². The van der Waals surface area contributed by atoms with Crippen LogP contribution in [0.15, 0.2) is 59.1 Å². The van der Waals surface area contributed by atoms with Gasteiger partial charge in [-0.15, -0.1) is 0 Å². The maximum Gasteiger partial charge on any atom is 0.356 e. The van der Waals surface area contributed by atoms with Crippen LogP contribution in [0.25, 0.3) is 11.3 Å². The van der Waals surface area contributed by atoms with Crippen molar-refractivity contribution in [3.05, 3.63) is 70.3 Å². The monoisotopic (exact) mass is 456 g/mol. The molecule has 0 unspecified atom stereocenters. The third kappa shape index (κ3) is 5.29. The minimum Gasteiger partial charge on any atom is -0.451 e. The molecule has 9 heteroatoms. The minimum atomic E-state index is -0.689. The van der Waals surface area contributed by atoms with E-state index in [1.807, 2.05) is 24.3 Å². The van der Waals surface area contributed by atoms with E-state index in [1.54, 1.807) is 30.3 Å². The second-order valence-electron chi connectivity index (χ2n) is 5.95. The van der Waals surface area contributed by atoms with E-state index < -0.39 is 18.5 Å². The number of halogens is 1. The summed E-state index contributed by atoms with van der Waals surface area (Å²) in [7, 11) is 1.54. The second-order valence-corrected chi connectivity index (χ2v) is 6.87. The van der Waals surface area contributed by atoms with Crippen LogP contribution in [0, 0.1) is 0 Å². The Balaban J connectivity index is 1.53. The van der Waals surface area contributed by atoms with Crippen molar-refractivity contribution in [3.63, 3.8) is 0 Å². The number of benzene rings is 2. The van der Waals surface area contributed by atoms with Crippen molar-refractivity contribution in [2.75, 3.05) is 19.0 Å². The molecule has 0 radical (unpaired) electrons. The fraction of sp³-hybridized carbons (Fsp3) is 0.100. The van der Waals surface area contributed by atoms with Gasteiger partial charge in [0.25, 0.3) is 11.8 Å². The number of nitrogens with one attached hydrogen (secondary N) is 3. The molecule has 8 nitrogen and oxygen atoms in total. The highest BCUT2D eigenvalue weighted by Crippen LogP contribution is 2.20. The molecular formula is C20H17BrN4O4. The van der Waals surface area contributed by atoms with Crippen molar-refractivity contribution in [1.82, 2.24) is 15.5 Å². The molecule has 2 aromatic carbocycles. The maximum absolute atomic E-state index is 12.1. The van der Waals surface area contributed by atoms with E-state index in [9.17, 15) is 14.4 Å². The van der Waals surface area contributed by atoms with Crippen molar-refractivity contribution in [2.24, 2.45) is 0 Å². The van der Waals surface area contributed by atoms with E-state index >= 15 is 0 Å². The van der Waals surface area contributed by atoms with Crippen LogP contribution in [-0.4, -0.2) is 41.6 Å². The first-order valence-electron chi connectivity index (χ1n) is 8.57. The van der Waals surface area contributed by atoms with Gasteiger partial charge in [0, 0.05) is 28.3 Å². The summed E-state index contributed by atoms with van der Waals surface area (Å²) in [4.78, 5) is 35.6. The zero-order chi connectivity index (χ0) is 20.8. The Morgan fingerprint density at radius 1 is 1.07 bits per heavy atom. The molecule has 2 amide bonds. The summed E-state index contributed by atoms with van der Waals surface area (Å²) >= 11 is 3.36. The number of nitrogens with zero attached hydrogens (tertiary/aromatic N) is 1. The number of hydrogen-bond acceptors (Lipinski definition) is 5. The summed E-state index contributed by atoms with van der Waals surface area (Å²) in [5.74, 6) is -1.41. The van der Waals surface area contributed by atoms with Gasteiger partial charge in [-0.1, -0.05) is 28.1 Å². The van der Waals surface area contributed by atoms with Crippen molar-refractivity contribution in [2.45, 2.75) is 0 Å². The van der Waals surface area contributed by atoms with Gasteiger partial charge in [-0.05, 0) is 42.5 Å². The average molecular weight is 457 g/mol. The number of amides is 2. The number of aromatic nitrogens is 2. The van der Waals surface area contributed by atoms with Gasteiger partial charge in [0.05, 0.1) is 5.69 Å². The van der Waals surface area contributed by atoms with Crippen LogP contribution in [0.4, 0.5) is 5.69 Å². The smallest absolute Gasteiger partial charge is 0.356 e. The van der Waals surface area contributed by atoms with E-state index in [0.717, 1.165) is 10.0 Å². The van der Waals surface area contributed by atoms with E-state index in [-0.39, 0.29) is 11.6 Å². The molecule has 0 aliphatic rings. The first kappa shape index (κ1) is 20.3. The van der Waals surface area contributed by atoms with Crippen LogP contribution >= 0.6 is 15.9 Å². The topological polar surface area (TPSA) is 113 Å². The molecule has 3 rings (SSSR count). The summed E-state index contributed by atoms with van der Waals surface area (Å²) in [6, 6.07) is 15.3. The molecule has 3 aromatic rings. The molecule has 148 valence electrons. The number of carbonyl (C=O) groups excluding carboxylic acids is 3. The van der Waals surface area contributed by atoms with Crippen molar-refractivity contribution < 1.29 is 19.1 Å². The molecule has 0 spiro atoms. The second kappa shape index (κ2) is 9.16. The standard InChI is InChI=1S/C20H17BrN4O4/c1-22-19(27)13-4-8-15(9-5-13)23-18(26)11-29-20(28)17-10-16(24-25-17)12-2-6-14(21)7-3-12/h2-10H,11H2,1H3,(H,22,27)(H,23,26)(H,24,25). The fourth-order valence-electron chi connectivity index (χ4n) is 2.45. The summed E-state index contributed by atoms with van der Waals surface area (Å²) in [6.45, 7) is -0.456. The summed E-state index contributed by atoms with van der Waals surface area (Å²) in [6.07, 6.45) is 0. The Hall–Kier alpha value is -3.46. The molecule has 0 bridgehead atoms. The number of aromatic amines is 1. The SMILES string of the molecule is CNC(=O)c1ccc(NC(=O)COC(=O)c2cc(-c3ccc(Br)cc3)n[nH]2)cc1.